The first-order valence-corrected chi connectivity index (χ1v) is 7.46. The molecule has 0 radical (unpaired) electrons. The van der Waals surface area contributed by atoms with Crippen molar-refractivity contribution in [3.8, 4) is 0 Å². The van der Waals surface area contributed by atoms with Gasteiger partial charge in [-0.25, -0.2) is 4.79 Å². The molecule has 1 aliphatic heterocycles. The average Bonchev–Trinajstić information content (AvgIpc) is 2.52. The highest BCUT2D eigenvalue weighted by Crippen LogP contribution is 2.08. The van der Waals surface area contributed by atoms with Crippen LogP contribution in [0.5, 0.6) is 0 Å². The van der Waals surface area contributed by atoms with Gasteiger partial charge in [-0.2, -0.15) is 0 Å². The summed E-state index contributed by atoms with van der Waals surface area (Å²) in [6.45, 7) is 6.97. The second-order valence-corrected chi connectivity index (χ2v) is 5.54. The molecule has 1 amide bonds. The molecule has 1 atom stereocenters. The summed E-state index contributed by atoms with van der Waals surface area (Å²) in [5.41, 5.74) is 0.997. The smallest absolute Gasteiger partial charge is 0.410 e. The Morgan fingerprint density at radius 3 is 2.90 bits per heavy atom. The summed E-state index contributed by atoms with van der Waals surface area (Å²) < 4.78 is 11.0. The van der Waals surface area contributed by atoms with Crippen molar-refractivity contribution < 1.29 is 14.3 Å². The number of carbonyl (C=O) groups excluding carboxylic acids is 1. The van der Waals surface area contributed by atoms with Gasteiger partial charge in [-0.05, 0) is 5.56 Å². The van der Waals surface area contributed by atoms with Crippen LogP contribution in [0.2, 0.25) is 0 Å². The van der Waals surface area contributed by atoms with E-state index in [4.69, 9.17) is 9.47 Å². The number of benzene rings is 1. The molecule has 1 N–H and O–H groups in total. The molecule has 1 fully saturated rings. The van der Waals surface area contributed by atoms with E-state index in [-0.39, 0.29) is 12.2 Å². The Balaban J connectivity index is 1.76. The fraction of sp³-hybridized carbons (Fsp3) is 0.562. The number of ether oxygens (including phenoxy) is 2. The molecule has 0 bridgehead atoms. The normalized spacial score (nSPS) is 18.8. The van der Waals surface area contributed by atoms with Crippen LogP contribution in [0.4, 0.5) is 4.79 Å². The summed E-state index contributed by atoms with van der Waals surface area (Å²) >= 11 is 0. The number of hydrogen-bond donors (Lipinski definition) is 1. The minimum atomic E-state index is -0.267. The number of carbonyl (C=O) groups is 1. The Labute approximate surface area is 126 Å². The van der Waals surface area contributed by atoms with E-state index >= 15 is 0 Å². The number of nitrogens with one attached hydrogen (secondary N) is 1. The highest BCUT2D eigenvalue weighted by Gasteiger charge is 2.25. The van der Waals surface area contributed by atoms with Gasteiger partial charge in [0.25, 0.3) is 0 Å². The van der Waals surface area contributed by atoms with Crippen LogP contribution < -0.4 is 5.32 Å². The van der Waals surface area contributed by atoms with Crippen molar-refractivity contribution in [2.75, 3.05) is 26.2 Å². The number of rotatable bonds is 5. The van der Waals surface area contributed by atoms with Crippen LogP contribution >= 0.6 is 0 Å². The molecule has 1 aromatic rings. The SMILES string of the molecule is CC(C)NCC1CN(C(=O)OCc2ccccc2)CCO1. The molecular formula is C16H24N2O3. The van der Waals surface area contributed by atoms with Gasteiger partial charge in [0.1, 0.15) is 6.61 Å². The molecule has 0 saturated carbocycles. The second-order valence-electron chi connectivity index (χ2n) is 5.54. The van der Waals surface area contributed by atoms with Gasteiger partial charge in [-0.15, -0.1) is 0 Å². The van der Waals surface area contributed by atoms with Gasteiger partial charge in [0.15, 0.2) is 0 Å². The van der Waals surface area contributed by atoms with Gasteiger partial charge >= 0.3 is 6.09 Å². The third-order valence-electron chi connectivity index (χ3n) is 3.36. The molecule has 1 aromatic carbocycles. The minimum Gasteiger partial charge on any atom is -0.445 e. The molecule has 0 spiro atoms. The van der Waals surface area contributed by atoms with Crippen LogP contribution in [0, 0.1) is 0 Å². The molecule has 1 unspecified atom stereocenters. The highest BCUT2D eigenvalue weighted by molar-refractivity contribution is 5.67. The maximum absolute atomic E-state index is 12.1. The summed E-state index contributed by atoms with van der Waals surface area (Å²) in [6.07, 6.45) is -0.234. The largest absolute Gasteiger partial charge is 0.445 e. The Morgan fingerprint density at radius 2 is 2.19 bits per heavy atom. The summed E-state index contributed by atoms with van der Waals surface area (Å²) in [5.74, 6) is 0. The molecule has 0 aliphatic carbocycles. The van der Waals surface area contributed by atoms with Crippen molar-refractivity contribution in [2.24, 2.45) is 0 Å². The summed E-state index contributed by atoms with van der Waals surface area (Å²) in [7, 11) is 0. The van der Waals surface area contributed by atoms with Crippen LogP contribution in [0.25, 0.3) is 0 Å². The first-order valence-electron chi connectivity index (χ1n) is 7.46. The number of amides is 1. The maximum Gasteiger partial charge on any atom is 0.410 e. The summed E-state index contributed by atoms with van der Waals surface area (Å²) in [4.78, 5) is 13.8. The van der Waals surface area contributed by atoms with Crippen LogP contribution in [-0.2, 0) is 16.1 Å². The molecule has 21 heavy (non-hydrogen) atoms. The third kappa shape index (κ3) is 5.36. The zero-order valence-corrected chi connectivity index (χ0v) is 12.7. The van der Waals surface area contributed by atoms with Crippen molar-refractivity contribution in [2.45, 2.75) is 32.6 Å². The van der Waals surface area contributed by atoms with Gasteiger partial charge < -0.3 is 19.7 Å². The van der Waals surface area contributed by atoms with Crippen LogP contribution in [0.3, 0.4) is 0 Å². The van der Waals surface area contributed by atoms with Crippen molar-refractivity contribution >= 4 is 6.09 Å². The molecule has 116 valence electrons. The number of hydrogen-bond acceptors (Lipinski definition) is 4. The van der Waals surface area contributed by atoms with E-state index in [1.54, 1.807) is 4.90 Å². The Hall–Kier alpha value is -1.59. The molecule has 0 aromatic heterocycles. The van der Waals surface area contributed by atoms with Gasteiger partial charge in [0, 0.05) is 19.1 Å². The molecule has 1 saturated heterocycles. The van der Waals surface area contributed by atoms with E-state index in [0.29, 0.717) is 32.3 Å². The van der Waals surface area contributed by atoms with E-state index in [1.165, 1.54) is 0 Å². The van der Waals surface area contributed by atoms with Crippen molar-refractivity contribution in [1.82, 2.24) is 10.2 Å². The maximum atomic E-state index is 12.1. The van der Waals surface area contributed by atoms with Crippen LogP contribution in [0.15, 0.2) is 30.3 Å². The average molecular weight is 292 g/mol. The molecule has 1 aliphatic rings. The summed E-state index contributed by atoms with van der Waals surface area (Å²) in [6, 6.07) is 10.1. The quantitative estimate of drug-likeness (QED) is 0.902. The topological polar surface area (TPSA) is 50.8 Å². The van der Waals surface area contributed by atoms with Gasteiger partial charge in [-0.3, -0.25) is 0 Å². The number of nitrogens with zero attached hydrogens (tertiary/aromatic N) is 1. The molecule has 5 nitrogen and oxygen atoms in total. The van der Waals surface area contributed by atoms with Gasteiger partial charge in [0.2, 0.25) is 0 Å². The van der Waals surface area contributed by atoms with Crippen LogP contribution in [-0.4, -0.2) is 49.4 Å². The standard InChI is InChI=1S/C16H24N2O3/c1-13(2)17-10-15-11-18(8-9-20-15)16(19)21-12-14-6-4-3-5-7-14/h3-7,13,15,17H,8-12H2,1-2H3. The lowest BCUT2D eigenvalue weighted by Crippen LogP contribution is -2.49. The lowest BCUT2D eigenvalue weighted by molar-refractivity contribution is -0.0276. The lowest BCUT2D eigenvalue weighted by atomic mass is 10.2. The molecule has 5 heteroatoms. The molecule has 1 heterocycles. The fourth-order valence-corrected chi connectivity index (χ4v) is 2.19. The van der Waals surface area contributed by atoms with Gasteiger partial charge in [-0.1, -0.05) is 44.2 Å². The van der Waals surface area contributed by atoms with Crippen molar-refractivity contribution in [3.63, 3.8) is 0 Å². The molecule has 2 rings (SSSR count). The van der Waals surface area contributed by atoms with Crippen molar-refractivity contribution in [1.29, 1.82) is 0 Å². The second kappa shape index (κ2) is 8.00. The Bertz CT molecular complexity index is 436. The van der Waals surface area contributed by atoms with E-state index in [1.807, 2.05) is 30.3 Å². The Kier molecular flexibility index (Phi) is 6.02. The van der Waals surface area contributed by atoms with E-state index in [0.717, 1.165) is 12.1 Å². The predicted molar refractivity (Wildman–Crippen MR) is 81.1 cm³/mol. The van der Waals surface area contributed by atoms with Crippen molar-refractivity contribution in [3.05, 3.63) is 35.9 Å². The monoisotopic (exact) mass is 292 g/mol. The van der Waals surface area contributed by atoms with E-state index in [9.17, 15) is 4.79 Å². The third-order valence-corrected chi connectivity index (χ3v) is 3.36. The van der Waals surface area contributed by atoms with Crippen LogP contribution in [0.1, 0.15) is 19.4 Å². The Morgan fingerprint density at radius 1 is 1.43 bits per heavy atom. The molecular weight excluding hydrogens is 268 g/mol. The zero-order valence-electron chi connectivity index (χ0n) is 12.7. The van der Waals surface area contributed by atoms with E-state index < -0.39 is 0 Å². The lowest BCUT2D eigenvalue weighted by Gasteiger charge is -2.32. The zero-order chi connectivity index (χ0) is 15.1. The number of morpholine rings is 1. The minimum absolute atomic E-state index is 0.0328. The highest BCUT2D eigenvalue weighted by atomic mass is 16.6. The fourth-order valence-electron chi connectivity index (χ4n) is 2.19. The van der Waals surface area contributed by atoms with E-state index in [2.05, 4.69) is 19.2 Å². The first kappa shape index (κ1) is 15.8. The first-order chi connectivity index (χ1) is 10.1. The van der Waals surface area contributed by atoms with Gasteiger partial charge in [0.05, 0.1) is 19.3 Å². The predicted octanol–water partition coefficient (Wildman–Crippen LogP) is 2.02. The summed E-state index contributed by atoms with van der Waals surface area (Å²) in [5, 5.41) is 3.33.